The van der Waals surface area contributed by atoms with Gasteiger partial charge in [0.1, 0.15) is 5.76 Å². The average Bonchev–Trinajstić information content (AvgIpc) is 2.76. The van der Waals surface area contributed by atoms with Gasteiger partial charge in [0, 0.05) is 36.2 Å². The lowest BCUT2D eigenvalue weighted by atomic mass is 10.2. The van der Waals surface area contributed by atoms with Crippen molar-refractivity contribution in [3.05, 3.63) is 23.7 Å². The normalized spacial score (nSPS) is 22.5. The summed E-state index contributed by atoms with van der Waals surface area (Å²) in [6, 6.07) is 1.98. The number of nitrogens with two attached hydrogens (primary N) is 1. The Balaban J connectivity index is 1.93. The zero-order chi connectivity index (χ0) is 11.4. The van der Waals surface area contributed by atoms with Gasteiger partial charge in [0.2, 0.25) is 0 Å². The average molecular weight is 240 g/mol. The highest BCUT2D eigenvalue weighted by Crippen LogP contribution is 2.23. The second-order valence-corrected chi connectivity index (χ2v) is 5.62. The summed E-state index contributed by atoms with van der Waals surface area (Å²) in [7, 11) is 0. The van der Waals surface area contributed by atoms with Gasteiger partial charge < -0.3 is 10.2 Å². The van der Waals surface area contributed by atoms with Crippen LogP contribution in [0, 0.1) is 0 Å². The molecule has 0 saturated carbocycles. The maximum atomic E-state index is 5.67. The topological polar surface area (TPSA) is 42.4 Å². The number of hydrogen-bond donors (Lipinski definition) is 1. The molecule has 0 spiro atoms. The van der Waals surface area contributed by atoms with Gasteiger partial charge in [0.25, 0.3) is 0 Å². The molecule has 1 aliphatic heterocycles. The van der Waals surface area contributed by atoms with Gasteiger partial charge in [-0.2, -0.15) is 11.8 Å². The molecule has 1 aromatic heterocycles. The van der Waals surface area contributed by atoms with Crippen molar-refractivity contribution in [2.45, 2.75) is 31.7 Å². The second kappa shape index (κ2) is 5.75. The summed E-state index contributed by atoms with van der Waals surface area (Å²) in [4.78, 5) is 2.47. The quantitative estimate of drug-likeness (QED) is 0.875. The summed E-state index contributed by atoms with van der Waals surface area (Å²) in [5.41, 5.74) is 6.82. The first-order chi connectivity index (χ1) is 7.83. The second-order valence-electron chi connectivity index (χ2n) is 4.21. The van der Waals surface area contributed by atoms with Gasteiger partial charge in [0.05, 0.1) is 12.8 Å². The van der Waals surface area contributed by atoms with Gasteiger partial charge in [-0.25, -0.2) is 0 Å². The summed E-state index contributed by atoms with van der Waals surface area (Å²) in [5.74, 6) is 2.28. The molecule has 1 aromatic rings. The molecule has 0 aliphatic carbocycles. The molecule has 2 N–H and O–H groups in total. The van der Waals surface area contributed by atoms with Gasteiger partial charge in [-0.1, -0.05) is 6.92 Å². The molecule has 1 unspecified atom stereocenters. The fourth-order valence-electron chi connectivity index (χ4n) is 2.06. The highest BCUT2D eigenvalue weighted by Gasteiger charge is 2.20. The lowest BCUT2D eigenvalue weighted by molar-refractivity contribution is 0.249. The minimum absolute atomic E-state index is 0.575. The van der Waals surface area contributed by atoms with Crippen molar-refractivity contribution >= 4 is 11.8 Å². The standard InChI is InChI=1S/C12H20N2OS/c1-2-11-8-14(4-6-16-11)9-12-10(7-13)3-5-15-12/h3,5,11H,2,4,6-9,13H2,1H3. The Kier molecular flexibility index (Phi) is 4.32. The number of rotatable bonds is 4. The van der Waals surface area contributed by atoms with E-state index in [4.69, 9.17) is 10.2 Å². The Hall–Kier alpha value is -0.450. The third kappa shape index (κ3) is 2.81. The van der Waals surface area contributed by atoms with Crippen LogP contribution in [0.4, 0.5) is 0 Å². The van der Waals surface area contributed by atoms with Crippen molar-refractivity contribution in [2.24, 2.45) is 5.73 Å². The molecule has 1 aliphatic rings. The molecule has 0 radical (unpaired) electrons. The van der Waals surface area contributed by atoms with Crippen molar-refractivity contribution in [2.75, 3.05) is 18.8 Å². The number of thioether (sulfide) groups is 1. The molecule has 4 heteroatoms. The third-order valence-electron chi connectivity index (χ3n) is 3.10. The monoisotopic (exact) mass is 240 g/mol. The van der Waals surface area contributed by atoms with Crippen molar-refractivity contribution < 1.29 is 4.42 Å². The van der Waals surface area contributed by atoms with E-state index in [0.29, 0.717) is 6.54 Å². The van der Waals surface area contributed by atoms with Crippen LogP contribution < -0.4 is 5.73 Å². The van der Waals surface area contributed by atoms with Crippen LogP contribution in [0.3, 0.4) is 0 Å². The number of nitrogens with zero attached hydrogens (tertiary/aromatic N) is 1. The van der Waals surface area contributed by atoms with Gasteiger partial charge in [-0.05, 0) is 12.5 Å². The molecule has 90 valence electrons. The van der Waals surface area contributed by atoms with Crippen LogP contribution in [0.25, 0.3) is 0 Å². The fraction of sp³-hybridized carbons (Fsp3) is 0.667. The lowest BCUT2D eigenvalue weighted by Gasteiger charge is -2.31. The van der Waals surface area contributed by atoms with E-state index in [9.17, 15) is 0 Å². The first-order valence-electron chi connectivity index (χ1n) is 5.92. The molecular formula is C12H20N2OS. The summed E-state index contributed by atoms with van der Waals surface area (Å²) in [6.45, 7) is 6.08. The molecular weight excluding hydrogens is 220 g/mol. The summed E-state index contributed by atoms with van der Waals surface area (Å²) in [5, 5.41) is 0.782. The molecule has 1 fully saturated rings. The van der Waals surface area contributed by atoms with E-state index in [2.05, 4.69) is 23.6 Å². The highest BCUT2D eigenvalue weighted by molar-refractivity contribution is 8.00. The molecule has 1 saturated heterocycles. The van der Waals surface area contributed by atoms with E-state index in [1.807, 2.05) is 6.07 Å². The van der Waals surface area contributed by atoms with E-state index in [0.717, 1.165) is 29.7 Å². The van der Waals surface area contributed by atoms with E-state index in [1.165, 1.54) is 18.7 Å². The predicted octanol–water partition coefficient (Wildman–Crippen LogP) is 2.07. The maximum Gasteiger partial charge on any atom is 0.122 e. The molecule has 1 atom stereocenters. The van der Waals surface area contributed by atoms with E-state index in [-0.39, 0.29) is 0 Å². The zero-order valence-corrected chi connectivity index (χ0v) is 10.6. The van der Waals surface area contributed by atoms with Crippen molar-refractivity contribution in [3.63, 3.8) is 0 Å². The molecule has 2 heterocycles. The van der Waals surface area contributed by atoms with Crippen molar-refractivity contribution in [3.8, 4) is 0 Å². The first kappa shape index (κ1) is 12.0. The van der Waals surface area contributed by atoms with Crippen LogP contribution in [0.2, 0.25) is 0 Å². The van der Waals surface area contributed by atoms with Gasteiger partial charge in [0.15, 0.2) is 0 Å². The highest BCUT2D eigenvalue weighted by atomic mass is 32.2. The third-order valence-corrected chi connectivity index (χ3v) is 4.48. The smallest absolute Gasteiger partial charge is 0.122 e. The van der Waals surface area contributed by atoms with Crippen LogP contribution in [0.5, 0.6) is 0 Å². The summed E-state index contributed by atoms with van der Waals surface area (Å²) < 4.78 is 5.50. The lowest BCUT2D eigenvalue weighted by Crippen LogP contribution is -2.37. The van der Waals surface area contributed by atoms with Crippen molar-refractivity contribution in [1.82, 2.24) is 4.90 Å². The van der Waals surface area contributed by atoms with Gasteiger partial charge in [-0.3, -0.25) is 4.90 Å². The van der Waals surface area contributed by atoms with Crippen LogP contribution in [-0.2, 0) is 13.1 Å². The van der Waals surface area contributed by atoms with Crippen LogP contribution in [0.15, 0.2) is 16.7 Å². The minimum atomic E-state index is 0.575. The Morgan fingerprint density at radius 3 is 3.25 bits per heavy atom. The van der Waals surface area contributed by atoms with E-state index >= 15 is 0 Å². The SMILES string of the molecule is CCC1CN(Cc2occc2CN)CCS1. The number of hydrogen-bond acceptors (Lipinski definition) is 4. The van der Waals surface area contributed by atoms with Crippen molar-refractivity contribution in [1.29, 1.82) is 0 Å². The molecule has 16 heavy (non-hydrogen) atoms. The predicted molar refractivity (Wildman–Crippen MR) is 68.4 cm³/mol. The fourth-order valence-corrected chi connectivity index (χ4v) is 3.31. The zero-order valence-electron chi connectivity index (χ0n) is 9.82. The Bertz CT molecular complexity index is 327. The minimum Gasteiger partial charge on any atom is -0.468 e. The molecule has 3 nitrogen and oxygen atoms in total. The molecule has 2 rings (SSSR count). The van der Waals surface area contributed by atoms with Crippen LogP contribution >= 0.6 is 11.8 Å². The van der Waals surface area contributed by atoms with E-state index < -0.39 is 0 Å². The maximum absolute atomic E-state index is 5.67. The Morgan fingerprint density at radius 1 is 1.62 bits per heavy atom. The molecule has 0 amide bonds. The van der Waals surface area contributed by atoms with Crippen LogP contribution in [-0.4, -0.2) is 29.0 Å². The largest absolute Gasteiger partial charge is 0.468 e. The number of furan rings is 1. The molecule has 0 bridgehead atoms. The van der Waals surface area contributed by atoms with Gasteiger partial charge in [-0.15, -0.1) is 0 Å². The Labute approximate surface area is 101 Å². The van der Waals surface area contributed by atoms with Gasteiger partial charge >= 0.3 is 0 Å². The summed E-state index contributed by atoms with van der Waals surface area (Å²) >= 11 is 2.09. The molecule has 0 aromatic carbocycles. The first-order valence-corrected chi connectivity index (χ1v) is 6.97. The van der Waals surface area contributed by atoms with E-state index in [1.54, 1.807) is 6.26 Å². The van der Waals surface area contributed by atoms with Crippen LogP contribution in [0.1, 0.15) is 24.7 Å². The summed E-state index contributed by atoms with van der Waals surface area (Å²) in [6.07, 6.45) is 3.00. The Morgan fingerprint density at radius 2 is 2.50 bits per heavy atom.